The second-order valence-corrected chi connectivity index (χ2v) is 4.02. The highest BCUT2D eigenvalue weighted by Crippen LogP contribution is 2.30. The Labute approximate surface area is 83.2 Å². The number of hydrogen-bond acceptors (Lipinski definition) is 4. The van der Waals surface area contributed by atoms with Gasteiger partial charge in [0.15, 0.2) is 0 Å². The normalized spacial score (nSPS) is 28.9. The number of esters is 1. The van der Waals surface area contributed by atoms with Crippen LogP contribution in [-0.2, 0) is 14.3 Å². The number of ketones is 1. The van der Waals surface area contributed by atoms with Crippen molar-refractivity contribution in [1.29, 1.82) is 0 Å². The van der Waals surface area contributed by atoms with E-state index >= 15 is 0 Å². The predicted molar refractivity (Wildman–Crippen MR) is 49.7 cm³/mol. The van der Waals surface area contributed by atoms with Crippen LogP contribution < -0.4 is 0 Å². The van der Waals surface area contributed by atoms with Crippen LogP contribution in [0.1, 0.15) is 19.3 Å². The first-order valence-electron chi connectivity index (χ1n) is 5.07. The summed E-state index contributed by atoms with van der Waals surface area (Å²) in [5.74, 6) is -0.872. The fourth-order valence-electron chi connectivity index (χ4n) is 1.98. The van der Waals surface area contributed by atoms with E-state index in [1.54, 1.807) is 0 Å². The van der Waals surface area contributed by atoms with Gasteiger partial charge in [-0.3, -0.25) is 14.5 Å². The maximum Gasteiger partial charge on any atom is 0.317 e. The van der Waals surface area contributed by atoms with Gasteiger partial charge < -0.3 is 4.74 Å². The Morgan fingerprint density at radius 3 is 2.79 bits per heavy atom. The van der Waals surface area contributed by atoms with Crippen molar-refractivity contribution in [1.82, 2.24) is 4.90 Å². The summed E-state index contributed by atoms with van der Waals surface area (Å²) in [7, 11) is 1.34. The van der Waals surface area contributed by atoms with Crippen LogP contribution >= 0.6 is 0 Å². The van der Waals surface area contributed by atoms with Gasteiger partial charge in [-0.1, -0.05) is 0 Å². The fraction of sp³-hybridized carbons (Fsp3) is 0.800. The highest BCUT2D eigenvalue weighted by Gasteiger charge is 2.39. The molecule has 1 aliphatic heterocycles. The third kappa shape index (κ3) is 1.80. The number of carbonyl (C=O) groups is 2. The van der Waals surface area contributed by atoms with Crippen molar-refractivity contribution >= 4 is 11.8 Å². The number of Topliss-reactive ketones (excluding diaryl/α,β-unsaturated/α-hetero) is 1. The molecule has 1 unspecified atom stereocenters. The molecule has 2 rings (SSSR count). The summed E-state index contributed by atoms with van der Waals surface area (Å²) in [6, 6.07) is 0.621. The number of ether oxygens (including phenoxy) is 1. The average molecular weight is 197 g/mol. The van der Waals surface area contributed by atoms with Crippen LogP contribution in [0.2, 0.25) is 0 Å². The van der Waals surface area contributed by atoms with Crippen molar-refractivity contribution < 1.29 is 14.3 Å². The second kappa shape index (κ2) is 3.69. The standard InChI is InChI=1S/C10H15NO3/c1-14-10(13)8-6-11(7-2-3-7)5-4-9(8)12/h7-8H,2-6H2,1H3. The number of piperidine rings is 1. The quantitative estimate of drug-likeness (QED) is 0.469. The van der Waals surface area contributed by atoms with E-state index in [0.717, 1.165) is 6.54 Å². The van der Waals surface area contributed by atoms with Gasteiger partial charge >= 0.3 is 5.97 Å². The SMILES string of the molecule is COC(=O)C1CN(C2CC2)CCC1=O. The maximum absolute atomic E-state index is 11.5. The molecule has 2 aliphatic rings. The lowest BCUT2D eigenvalue weighted by atomic mass is 9.96. The molecule has 14 heavy (non-hydrogen) atoms. The lowest BCUT2D eigenvalue weighted by Gasteiger charge is -2.30. The van der Waals surface area contributed by atoms with Gasteiger partial charge in [-0.05, 0) is 12.8 Å². The zero-order valence-corrected chi connectivity index (χ0v) is 8.36. The number of hydrogen-bond donors (Lipinski definition) is 0. The number of nitrogens with zero attached hydrogens (tertiary/aromatic N) is 1. The monoisotopic (exact) mass is 197 g/mol. The van der Waals surface area contributed by atoms with Crippen LogP contribution in [0.15, 0.2) is 0 Å². The molecular formula is C10H15NO3. The maximum atomic E-state index is 11.5. The molecule has 0 N–H and O–H groups in total. The summed E-state index contributed by atoms with van der Waals surface area (Å²) in [5, 5.41) is 0. The minimum absolute atomic E-state index is 0.0359. The first-order valence-corrected chi connectivity index (χ1v) is 5.07. The van der Waals surface area contributed by atoms with Gasteiger partial charge in [0.25, 0.3) is 0 Å². The van der Waals surface area contributed by atoms with E-state index in [1.165, 1.54) is 20.0 Å². The number of methoxy groups -OCH3 is 1. The van der Waals surface area contributed by atoms with Crippen LogP contribution in [-0.4, -0.2) is 42.9 Å². The van der Waals surface area contributed by atoms with Crippen molar-refractivity contribution in [3.05, 3.63) is 0 Å². The highest BCUT2D eigenvalue weighted by molar-refractivity contribution is 5.99. The fourth-order valence-corrected chi connectivity index (χ4v) is 1.98. The molecule has 1 heterocycles. The topological polar surface area (TPSA) is 46.6 Å². The van der Waals surface area contributed by atoms with Gasteiger partial charge in [0, 0.05) is 25.6 Å². The van der Waals surface area contributed by atoms with Crippen molar-refractivity contribution in [3.63, 3.8) is 0 Å². The molecule has 0 bridgehead atoms. The van der Waals surface area contributed by atoms with E-state index < -0.39 is 5.92 Å². The summed E-state index contributed by atoms with van der Waals surface area (Å²) in [5.41, 5.74) is 0. The average Bonchev–Trinajstić information content (AvgIpc) is 3.01. The van der Waals surface area contributed by atoms with Crippen LogP contribution in [0.4, 0.5) is 0 Å². The van der Waals surface area contributed by atoms with Crippen molar-refractivity contribution in [2.24, 2.45) is 5.92 Å². The number of carbonyl (C=O) groups excluding carboxylic acids is 2. The van der Waals surface area contributed by atoms with Crippen molar-refractivity contribution in [3.8, 4) is 0 Å². The van der Waals surface area contributed by atoms with Crippen LogP contribution in [0, 0.1) is 5.92 Å². The van der Waals surface area contributed by atoms with Crippen LogP contribution in [0.25, 0.3) is 0 Å². The third-order valence-electron chi connectivity index (χ3n) is 3.00. The van der Waals surface area contributed by atoms with Gasteiger partial charge in [0.05, 0.1) is 7.11 Å². The van der Waals surface area contributed by atoms with Gasteiger partial charge in [-0.2, -0.15) is 0 Å². The Morgan fingerprint density at radius 1 is 1.50 bits per heavy atom. The Kier molecular flexibility index (Phi) is 2.54. The summed E-state index contributed by atoms with van der Waals surface area (Å²) in [6.45, 7) is 1.38. The Morgan fingerprint density at radius 2 is 2.21 bits per heavy atom. The van der Waals surface area contributed by atoms with Gasteiger partial charge in [-0.15, -0.1) is 0 Å². The van der Waals surface area contributed by atoms with E-state index in [4.69, 9.17) is 0 Å². The molecule has 0 spiro atoms. The van der Waals surface area contributed by atoms with Gasteiger partial charge in [0.2, 0.25) is 0 Å². The summed E-state index contributed by atoms with van der Waals surface area (Å²) < 4.78 is 4.62. The molecule has 0 radical (unpaired) electrons. The summed E-state index contributed by atoms with van der Waals surface area (Å²) in [6.07, 6.45) is 2.92. The Hall–Kier alpha value is -0.900. The van der Waals surface area contributed by atoms with Gasteiger partial charge in [-0.25, -0.2) is 0 Å². The summed E-state index contributed by atoms with van der Waals surface area (Å²) >= 11 is 0. The van der Waals surface area contributed by atoms with Crippen molar-refractivity contribution in [2.75, 3.05) is 20.2 Å². The Bertz CT molecular complexity index is 252. The van der Waals surface area contributed by atoms with Crippen molar-refractivity contribution in [2.45, 2.75) is 25.3 Å². The molecule has 0 aromatic heterocycles. The first-order chi connectivity index (χ1) is 6.72. The van der Waals surface area contributed by atoms with Gasteiger partial charge in [0.1, 0.15) is 11.7 Å². The Balaban J connectivity index is 1.98. The lowest BCUT2D eigenvalue weighted by Crippen LogP contribution is -2.45. The smallest absolute Gasteiger partial charge is 0.317 e. The molecule has 1 atom stereocenters. The molecular weight excluding hydrogens is 182 g/mol. The van der Waals surface area contributed by atoms with E-state index in [9.17, 15) is 9.59 Å². The molecule has 1 aliphatic carbocycles. The van der Waals surface area contributed by atoms with E-state index in [-0.39, 0.29) is 11.8 Å². The molecule has 0 aromatic carbocycles. The third-order valence-corrected chi connectivity index (χ3v) is 3.00. The first kappa shape index (κ1) is 9.65. The zero-order valence-electron chi connectivity index (χ0n) is 8.36. The summed E-state index contributed by atoms with van der Waals surface area (Å²) in [4.78, 5) is 25.0. The highest BCUT2D eigenvalue weighted by atomic mass is 16.5. The van der Waals surface area contributed by atoms with E-state index in [2.05, 4.69) is 9.64 Å². The zero-order chi connectivity index (χ0) is 10.1. The van der Waals surface area contributed by atoms with E-state index in [0.29, 0.717) is 19.0 Å². The molecule has 0 aromatic rings. The largest absolute Gasteiger partial charge is 0.468 e. The molecule has 0 amide bonds. The van der Waals surface area contributed by atoms with Crippen LogP contribution in [0.5, 0.6) is 0 Å². The lowest BCUT2D eigenvalue weighted by molar-refractivity contribution is -0.151. The molecule has 4 nitrogen and oxygen atoms in total. The predicted octanol–water partition coefficient (Wildman–Crippen LogP) is 0.213. The second-order valence-electron chi connectivity index (χ2n) is 4.02. The number of rotatable bonds is 2. The molecule has 2 fully saturated rings. The number of likely N-dealkylation sites (tertiary alicyclic amines) is 1. The minimum atomic E-state index is -0.533. The molecule has 1 saturated heterocycles. The molecule has 1 saturated carbocycles. The van der Waals surface area contributed by atoms with Crippen LogP contribution in [0.3, 0.4) is 0 Å². The van der Waals surface area contributed by atoms with E-state index in [1.807, 2.05) is 0 Å². The molecule has 78 valence electrons. The molecule has 4 heteroatoms. The minimum Gasteiger partial charge on any atom is -0.468 e.